The maximum atomic E-state index is 13.0. The fourth-order valence-electron chi connectivity index (χ4n) is 5.01. The number of nitrogen functional groups attached to an aromatic ring is 1. The van der Waals surface area contributed by atoms with Crippen LogP contribution < -0.4 is 10.5 Å². The van der Waals surface area contributed by atoms with E-state index in [4.69, 9.17) is 19.6 Å². The Morgan fingerprint density at radius 3 is 1.64 bits per heavy atom. The van der Waals surface area contributed by atoms with Crippen molar-refractivity contribution >= 4 is 99.9 Å². The van der Waals surface area contributed by atoms with Gasteiger partial charge in [0.25, 0.3) is 20.2 Å². The second-order valence-electron chi connectivity index (χ2n) is 11.7. The third kappa shape index (κ3) is 10.5. The fraction of sp³-hybridized carbons (Fsp3) is 0.214. The number of aromatic hydroxyl groups is 1. The van der Waals surface area contributed by atoms with Gasteiger partial charge in [0.05, 0.1) is 22.6 Å². The number of nitrogens with zero attached hydrogens (tertiary/aromatic N) is 4. The molecule has 0 spiro atoms. The lowest BCUT2D eigenvalue weighted by atomic mass is 10.1. The first-order valence-electron chi connectivity index (χ1n) is 15.3. The van der Waals surface area contributed by atoms with Crippen LogP contribution in [0.1, 0.15) is 19.4 Å². The van der Waals surface area contributed by atoms with Crippen LogP contribution in [0, 0.1) is 6.92 Å². The van der Waals surface area contributed by atoms with Crippen molar-refractivity contribution in [3.8, 4) is 11.5 Å². The Bertz CT molecular complexity index is 3140. The maximum Gasteiger partial charge on any atom is 0.398 e. The highest BCUT2D eigenvalue weighted by molar-refractivity contribution is 7.93. The van der Waals surface area contributed by atoms with Gasteiger partial charge in [-0.25, -0.2) is 25.2 Å². The third-order valence-electron chi connectivity index (χ3n) is 7.74. The summed E-state index contributed by atoms with van der Waals surface area (Å²) < 4.78 is 197. The molecule has 4 aromatic carbocycles. The number of fused-ring (bicyclic) bond motifs is 1. The number of azo groups is 2. The molecule has 59 heavy (non-hydrogen) atoms. The van der Waals surface area contributed by atoms with E-state index in [0.717, 1.165) is 38.3 Å². The first-order valence-corrected chi connectivity index (χ1v) is 24.0. The van der Waals surface area contributed by atoms with Crippen LogP contribution in [0.3, 0.4) is 0 Å². The van der Waals surface area contributed by atoms with Gasteiger partial charge in [-0.1, -0.05) is 0 Å². The Kier molecular flexibility index (Phi) is 13.0. The summed E-state index contributed by atoms with van der Waals surface area (Å²) in [6.45, 7) is 2.75. The fourth-order valence-corrected chi connectivity index (χ4v) is 10.6. The van der Waals surface area contributed by atoms with Crippen molar-refractivity contribution in [1.29, 1.82) is 0 Å². The van der Waals surface area contributed by atoms with Crippen molar-refractivity contribution in [2.75, 3.05) is 12.8 Å². The SMILES string of the molecule is COc1cc(S(=O)(=O)C(C)OS(=O)(=O)O)c(C)cc1N=Nc1c(S(=O)(=O)O)cc2c(/N=N\c3ccc(S(=O)(=O)C(C)OS(=O)(=O)O)cc3S(=O)(=O)O)c(N)ccc2c1O. The van der Waals surface area contributed by atoms with Gasteiger partial charge in [-0.3, -0.25) is 18.2 Å². The van der Waals surface area contributed by atoms with Crippen molar-refractivity contribution in [2.24, 2.45) is 20.5 Å². The van der Waals surface area contributed by atoms with Crippen molar-refractivity contribution in [1.82, 2.24) is 0 Å². The number of rotatable bonds is 15. The number of aryl methyl sites for hydroxylation is 1. The Morgan fingerprint density at radius 2 is 1.12 bits per heavy atom. The zero-order valence-corrected chi connectivity index (χ0v) is 34.8. The second kappa shape index (κ2) is 16.3. The number of benzene rings is 4. The van der Waals surface area contributed by atoms with Gasteiger partial charge in [-0.2, -0.15) is 33.7 Å². The highest BCUT2D eigenvalue weighted by atomic mass is 32.3. The number of anilines is 1. The molecule has 2 atom stereocenters. The minimum absolute atomic E-state index is 0.108. The number of phenolic OH excluding ortho intramolecular Hbond substituents is 1. The van der Waals surface area contributed by atoms with Crippen LogP contribution in [0.15, 0.2) is 88.6 Å². The molecule has 0 radical (unpaired) electrons. The first kappa shape index (κ1) is 46.9. The van der Waals surface area contributed by atoms with Crippen LogP contribution in [0.2, 0.25) is 0 Å². The summed E-state index contributed by atoms with van der Waals surface area (Å²) in [6.07, 6.45) is 0. The van der Waals surface area contributed by atoms with Gasteiger partial charge in [0.1, 0.15) is 38.3 Å². The van der Waals surface area contributed by atoms with E-state index in [1.54, 1.807) is 0 Å². The number of methoxy groups -OCH3 is 1. The molecule has 0 fully saturated rings. The molecule has 2 unspecified atom stereocenters. The molecule has 4 aromatic rings. The van der Waals surface area contributed by atoms with Crippen molar-refractivity contribution < 1.29 is 86.9 Å². The molecule has 322 valence electrons. The van der Waals surface area contributed by atoms with Gasteiger partial charge >= 0.3 is 20.8 Å². The predicted molar refractivity (Wildman–Crippen MR) is 201 cm³/mol. The topological polar surface area (TPSA) is 409 Å². The molecular weight excluding hydrogens is 919 g/mol. The van der Waals surface area contributed by atoms with Crippen molar-refractivity contribution in [2.45, 2.75) is 51.2 Å². The molecule has 0 aliphatic rings. The van der Waals surface area contributed by atoms with Gasteiger partial charge in [-0.05, 0) is 68.8 Å². The van der Waals surface area contributed by atoms with Crippen LogP contribution in [-0.2, 0) is 69.1 Å². The van der Waals surface area contributed by atoms with E-state index in [9.17, 15) is 64.7 Å². The number of phenols is 1. The zero-order chi connectivity index (χ0) is 44.8. The molecule has 0 aliphatic heterocycles. The predicted octanol–water partition coefficient (Wildman–Crippen LogP) is 3.65. The zero-order valence-electron chi connectivity index (χ0n) is 29.9. The average Bonchev–Trinajstić information content (AvgIpc) is 3.08. The normalized spacial score (nSPS) is 14.6. The second-order valence-corrected chi connectivity index (χ2v) is 21.0. The highest BCUT2D eigenvalue weighted by Crippen LogP contribution is 2.47. The lowest BCUT2D eigenvalue weighted by Gasteiger charge is -2.15. The van der Waals surface area contributed by atoms with E-state index >= 15 is 0 Å². The average molecular weight is 948 g/mol. The molecule has 0 amide bonds. The van der Waals surface area contributed by atoms with Gasteiger partial charge in [0.2, 0.25) is 19.7 Å². The molecule has 0 bridgehead atoms. The smallest absolute Gasteiger partial charge is 0.398 e. The molecule has 4 rings (SSSR count). The monoisotopic (exact) mass is 947 g/mol. The summed E-state index contributed by atoms with van der Waals surface area (Å²) in [5.74, 6) is -1.34. The Labute approximate surface area is 335 Å². The van der Waals surface area contributed by atoms with E-state index in [2.05, 4.69) is 28.8 Å². The first-order chi connectivity index (χ1) is 26.8. The van der Waals surface area contributed by atoms with E-state index in [0.29, 0.717) is 31.2 Å². The number of ether oxygens (including phenoxy) is 1. The molecule has 0 aliphatic carbocycles. The van der Waals surface area contributed by atoms with Crippen LogP contribution in [0.5, 0.6) is 11.5 Å². The van der Waals surface area contributed by atoms with Gasteiger partial charge in [-0.15, -0.1) is 20.5 Å². The minimum atomic E-state index is -5.34. The number of sulfone groups is 2. The van der Waals surface area contributed by atoms with E-state index < -0.39 is 114 Å². The molecule has 31 heteroatoms. The quantitative estimate of drug-likeness (QED) is 0.0562. The van der Waals surface area contributed by atoms with Crippen LogP contribution in [-0.4, -0.2) is 91.8 Å². The summed E-state index contributed by atoms with van der Waals surface area (Å²) in [4.78, 5) is -3.81. The molecule has 0 heterocycles. The molecule has 0 saturated heterocycles. The number of hydrogen-bond donors (Lipinski definition) is 6. The summed E-state index contributed by atoms with van der Waals surface area (Å²) in [6, 6.07) is 6.64. The molecular formula is C28H29N5O20S6. The number of hydrogen-bond acceptors (Lipinski definition) is 21. The van der Waals surface area contributed by atoms with Gasteiger partial charge < -0.3 is 15.6 Å². The Balaban J connectivity index is 1.88. The summed E-state index contributed by atoms with van der Waals surface area (Å²) >= 11 is 0. The highest BCUT2D eigenvalue weighted by Gasteiger charge is 2.33. The Morgan fingerprint density at radius 1 is 0.593 bits per heavy atom. The summed E-state index contributed by atoms with van der Waals surface area (Å²) in [5.41, 5.74) is -1.25. The van der Waals surface area contributed by atoms with Crippen molar-refractivity contribution in [3.63, 3.8) is 0 Å². The van der Waals surface area contributed by atoms with E-state index in [1.165, 1.54) is 6.92 Å². The molecule has 25 nitrogen and oxygen atoms in total. The number of nitrogens with two attached hydrogens (primary N) is 1. The largest absolute Gasteiger partial charge is 0.505 e. The summed E-state index contributed by atoms with van der Waals surface area (Å²) in [5, 5.41) is 25.7. The van der Waals surface area contributed by atoms with Crippen LogP contribution >= 0.6 is 0 Å². The van der Waals surface area contributed by atoms with E-state index in [-0.39, 0.29) is 33.5 Å². The van der Waals surface area contributed by atoms with Gasteiger partial charge in [0.15, 0.2) is 16.6 Å². The lowest BCUT2D eigenvalue weighted by Crippen LogP contribution is -2.25. The summed E-state index contributed by atoms with van der Waals surface area (Å²) in [7, 11) is -29.6. The Hall–Kier alpha value is -4.80. The van der Waals surface area contributed by atoms with Gasteiger partial charge in [0, 0.05) is 16.8 Å². The van der Waals surface area contributed by atoms with Crippen LogP contribution in [0.4, 0.5) is 28.4 Å². The van der Waals surface area contributed by atoms with Crippen LogP contribution in [0.25, 0.3) is 10.8 Å². The lowest BCUT2D eigenvalue weighted by molar-refractivity contribution is 0.250. The van der Waals surface area contributed by atoms with E-state index in [1.807, 2.05) is 0 Å². The maximum absolute atomic E-state index is 13.0. The standard InChI is InChI=1S/C28H29N5O20S6/c1-13-9-21(22(51-4)12-23(13)55(37,38)15(3)53-59(48,49)50)31-33-27-25(57(42,43)44)11-18-17(28(27)34)6-7-19(29)26(18)32-30-20-8-5-16(10-24(20)56(39,40)41)54(35,36)14(2)52-58(45,46)47/h5-12,14-15,34H,29H2,1-4H3,(H,39,40,41)(H,42,43,44)(H,45,46,47)(H,48,49,50)/b32-30-,33-31?. The molecule has 0 saturated carbocycles. The minimum Gasteiger partial charge on any atom is -0.505 e. The molecule has 0 aromatic heterocycles. The third-order valence-corrected chi connectivity index (χ3v) is 14.7. The molecule has 7 N–H and O–H groups in total. The van der Waals surface area contributed by atoms with Crippen molar-refractivity contribution in [3.05, 3.63) is 54.1 Å².